The normalized spacial score (nSPS) is 12.9. The average molecular weight is 319 g/mol. The molecule has 0 aliphatic rings. The number of hydrogen-bond donors (Lipinski definition) is 1. The van der Waals surface area contributed by atoms with Crippen LogP contribution in [0.3, 0.4) is 0 Å². The standard InChI is InChI=1S/3C4H9.HN2.Sn/c1-4(2)3;2*1-3-4-2;1-2;/h1-3H3;2*1,3-4H2,2H3;1H;/q;;;-1;+1. The van der Waals surface area contributed by atoms with Gasteiger partial charge >= 0.3 is 100 Å². The first-order valence-electron chi connectivity index (χ1n) is 6.32. The van der Waals surface area contributed by atoms with Gasteiger partial charge in [0.15, 0.2) is 0 Å². The Kier molecular flexibility index (Phi) is 7.05. The van der Waals surface area contributed by atoms with Gasteiger partial charge in [0.05, 0.1) is 0 Å². The molecule has 0 radical (unpaired) electrons. The molecule has 0 amide bonds. The van der Waals surface area contributed by atoms with E-state index in [1.54, 1.807) is 0 Å². The van der Waals surface area contributed by atoms with E-state index in [0.717, 1.165) is 0 Å². The molecule has 3 heteroatoms. The van der Waals surface area contributed by atoms with E-state index < -0.39 is 18.7 Å². The molecule has 0 spiro atoms. The van der Waals surface area contributed by atoms with E-state index in [-0.39, 0.29) is 0 Å². The molecule has 15 heavy (non-hydrogen) atoms. The molecule has 90 valence electrons. The Morgan fingerprint density at radius 2 is 1.40 bits per heavy atom. The number of rotatable bonds is 7. The first-order valence-corrected chi connectivity index (χ1v) is 13.1. The van der Waals surface area contributed by atoms with Crippen molar-refractivity contribution in [3.8, 4) is 0 Å². The molecular weight excluding hydrogens is 291 g/mol. The molecule has 0 aromatic carbocycles. The molecule has 0 fully saturated rings. The van der Waals surface area contributed by atoms with E-state index in [4.69, 9.17) is 5.53 Å². The molecule has 0 aromatic heterocycles. The van der Waals surface area contributed by atoms with Crippen molar-refractivity contribution < 1.29 is 0 Å². The van der Waals surface area contributed by atoms with Gasteiger partial charge in [-0.3, -0.25) is 0 Å². The van der Waals surface area contributed by atoms with Gasteiger partial charge in [-0.05, 0) is 0 Å². The summed E-state index contributed by atoms with van der Waals surface area (Å²) in [4.78, 5) is 0. The van der Waals surface area contributed by atoms with Gasteiger partial charge in [0.2, 0.25) is 0 Å². The van der Waals surface area contributed by atoms with E-state index in [0.29, 0.717) is 3.43 Å². The molecule has 0 aliphatic carbocycles. The van der Waals surface area contributed by atoms with E-state index in [1.807, 2.05) is 0 Å². The zero-order valence-corrected chi connectivity index (χ0v) is 14.0. The Hall–Kier alpha value is 0.399. The summed E-state index contributed by atoms with van der Waals surface area (Å²) >= 11 is -2.54. The van der Waals surface area contributed by atoms with Gasteiger partial charge in [0.1, 0.15) is 0 Å². The van der Waals surface area contributed by atoms with Crippen molar-refractivity contribution >= 4 is 18.7 Å². The van der Waals surface area contributed by atoms with Crippen LogP contribution in [-0.2, 0) is 0 Å². The molecule has 0 heterocycles. The van der Waals surface area contributed by atoms with Gasteiger partial charge in [-0.25, -0.2) is 0 Å². The first-order chi connectivity index (χ1) is 6.93. The Balaban J connectivity index is 4.68. The summed E-state index contributed by atoms with van der Waals surface area (Å²) in [7, 11) is 0. The predicted octanol–water partition coefficient (Wildman–Crippen LogP) is 5.36. The molecule has 0 rings (SSSR count). The predicted molar refractivity (Wildman–Crippen MR) is 70.0 cm³/mol. The third-order valence-corrected chi connectivity index (χ3v) is 19.4. The van der Waals surface area contributed by atoms with Gasteiger partial charge in [0.25, 0.3) is 0 Å². The quantitative estimate of drug-likeness (QED) is 0.484. The molecule has 0 aromatic rings. The van der Waals surface area contributed by atoms with Crippen LogP contribution in [0.4, 0.5) is 0 Å². The number of hydrogen-bond acceptors (Lipinski definition) is 2. The van der Waals surface area contributed by atoms with Crippen molar-refractivity contribution in [2.24, 2.45) is 3.34 Å². The van der Waals surface area contributed by atoms with Gasteiger partial charge in [-0.2, -0.15) is 0 Å². The van der Waals surface area contributed by atoms with Crippen molar-refractivity contribution in [1.82, 2.24) is 0 Å². The Morgan fingerprint density at radius 1 is 1.00 bits per heavy atom. The summed E-state index contributed by atoms with van der Waals surface area (Å²) < 4.78 is 7.10. The van der Waals surface area contributed by atoms with Crippen LogP contribution in [0.1, 0.15) is 60.3 Å². The minimum absolute atomic E-state index is 0.320. The van der Waals surface area contributed by atoms with Gasteiger partial charge in [-0.15, -0.1) is 0 Å². The third-order valence-electron chi connectivity index (χ3n) is 3.50. The van der Waals surface area contributed by atoms with Crippen LogP contribution >= 0.6 is 0 Å². The number of unbranched alkanes of at least 4 members (excludes halogenated alkanes) is 2. The summed E-state index contributed by atoms with van der Waals surface area (Å²) in [5.41, 5.74) is 7.64. The van der Waals surface area contributed by atoms with E-state index in [9.17, 15) is 0 Å². The zero-order chi connectivity index (χ0) is 11.9. The van der Waals surface area contributed by atoms with Gasteiger partial charge in [-0.1, -0.05) is 0 Å². The maximum atomic E-state index is 7.64. The monoisotopic (exact) mass is 320 g/mol. The number of nitrogens with one attached hydrogen (secondary N) is 1. The summed E-state index contributed by atoms with van der Waals surface area (Å²) in [6, 6.07) is 0. The fraction of sp³-hybridized carbons (Fsp3) is 1.00. The van der Waals surface area contributed by atoms with Crippen molar-refractivity contribution in [1.29, 1.82) is 5.53 Å². The fourth-order valence-corrected chi connectivity index (χ4v) is 14.0. The van der Waals surface area contributed by atoms with Crippen LogP contribution < -0.4 is 0 Å². The summed E-state index contributed by atoms with van der Waals surface area (Å²) in [5, 5.41) is 0. The Bertz CT molecular complexity index is 177. The molecule has 0 aliphatic heterocycles. The molecule has 0 atom stereocenters. The summed E-state index contributed by atoms with van der Waals surface area (Å²) in [6.45, 7) is 11.4. The summed E-state index contributed by atoms with van der Waals surface area (Å²) in [5.74, 6) is 0. The molecule has 0 saturated heterocycles. The second-order valence-corrected chi connectivity index (χ2v) is 19.3. The molecule has 2 nitrogen and oxygen atoms in total. The Morgan fingerprint density at radius 3 is 1.60 bits per heavy atom. The van der Waals surface area contributed by atoms with Crippen LogP contribution in [0.15, 0.2) is 3.34 Å². The van der Waals surface area contributed by atoms with Crippen molar-refractivity contribution in [3.05, 3.63) is 0 Å². The fourth-order valence-electron chi connectivity index (χ4n) is 2.09. The van der Waals surface area contributed by atoms with Crippen LogP contribution in [-0.4, -0.2) is 18.7 Å². The second kappa shape index (κ2) is 6.87. The van der Waals surface area contributed by atoms with E-state index >= 15 is 0 Å². The molecular formula is C12H28N2Sn. The van der Waals surface area contributed by atoms with Crippen LogP contribution in [0.25, 0.3) is 0 Å². The van der Waals surface area contributed by atoms with E-state index in [1.165, 1.54) is 34.6 Å². The zero-order valence-electron chi connectivity index (χ0n) is 11.2. The van der Waals surface area contributed by atoms with Crippen molar-refractivity contribution in [2.75, 3.05) is 0 Å². The maximum absolute atomic E-state index is 7.64. The average Bonchev–Trinajstić information content (AvgIpc) is 2.17. The second-order valence-electron chi connectivity index (χ2n) is 5.60. The number of nitrogens with zero attached hydrogens (tertiary/aromatic N) is 1. The third kappa shape index (κ3) is 4.41. The Labute approximate surface area is 100.0 Å². The summed E-state index contributed by atoms with van der Waals surface area (Å²) in [6.07, 6.45) is 5.05. The van der Waals surface area contributed by atoms with Crippen LogP contribution in [0.5, 0.6) is 0 Å². The molecule has 1 N–H and O–H groups in total. The SMILES string of the molecule is CCC[CH2][Sn]([CH2]CCC)([N]=N)[C](C)(C)C. The van der Waals surface area contributed by atoms with Gasteiger partial charge in [0, 0.05) is 0 Å². The van der Waals surface area contributed by atoms with Crippen LogP contribution in [0, 0.1) is 5.53 Å². The van der Waals surface area contributed by atoms with E-state index in [2.05, 4.69) is 38.0 Å². The van der Waals surface area contributed by atoms with Gasteiger partial charge < -0.3 is 0 Å². The molecule has 0 bridgehead atoms. The van der Waals surface area contributed by atoms with Crippen molar-refractivity contribution in [3.63, 3.8) is 0 Å². The van der Waals surface area contributed by atoms with Crippen LogP contribution in [0.2, 0.25) is 12.3 Å². The molecule has 0 saturated carbocycles. The topological polar surface area (TPSA) is 36.2 Å². The minimum atomic E-state index is -2.54. The molecule has 0 unspecified atom stereocenters. The first kappa shape index (κ1) is 15.4. The van der Waals surface area contributed by atoms with Crippen molar-refractivity contribution in [2.45, 2.75) is 72.6 Å².